The van der Waals surface area contributed by atoms with Gasteiger partial charge in [-0.15, -0.1) is 0 Å². The molecule has 6 heteroatoms. The number of nitrogens with two attached hydrogens (primary N) is 1. The number of amides is 1. The number of halogens is 3. The summed E-state index contributed by atoms with van der Waals surface area (Å²) in [5.74, 6) is -0.777. The number of carbonyl (C=O) groups is 1. The van der Waals surface area contributed by atoms with Gasteiger partial charge in [-0.05, 0) is 24.3 Å². The van der Waals surface area contributed by atoms with Crippen molar-refractivity contribution in [2.75, 3.05) is 0 Å². The smallest absolute Gasteiger partial charge is 0.248 e. The van der Waals surface area contributed by atoms with Crippen LogP contribution >= 0.6 is 23.2 Å². The van der Waals surface area contributed by atoms with Crippen LogP contribution in [0.3, 0.4) is 0 Å². The van der Waals surface area contributed by atoms with Crippen LogP contribution in [0.5, 0.6) is 5.75 Å². The van der Waals surface area contributed by atoms with E-state index in [-0.39, 0.29) is 11.6 Å². The van der Waals surface area contributed by atoms with Crippen molar-refractivity contribution in [1.82, 2.24) is 0 Å². The molecule has 0 heterocycles. The fourth-order valence-corrected chi connectivity index (χ4v) is 1.90. The summed E-state index contributed by atoms with van der Waals surface area (Å²) in [5, 5.41) is 0.386. The Labute approximate surface area is 125 Å². The predicted molar refractivity (Wildman–Crippen MR) is 75.7 cm³/mol. The van der Waals surface area contributed by atoms with Gasteiger partial charge in [-0.2, -0.15) is 0 Å². The van der Waals surface area contributed by atoms with E-state index in [1.165, 1.54) is 18.2 Å². The van der Waals surface area contributed by atoms with Crippen LogP contribution in [0.1, 0.15) is 15.9 Å². The highest BCUT2D eigenvalue weighted by Crippen LogP contribution is 2.23. The highest BCUT2D eigenvalue weighted by molar-refractivity contribution is 6.31. The summed E-state index contributed by atoms with van der Waals surface area (Å²) >= 11 is 11.6. The minimum Gasteiger partial charge on any atom is -0.489 e. The Morgan fingerprint density at radius 2 is 1.90 bits per heavy atom. The molecule has 0 radical (unpaired) electrons. The van der Waals surface area contributed by atoms with Crippen LogP contribution < -0.4 is 10.5 Å². The largest absolute Gasteiger partial charge is 0.489 e. The van der Waals surface area contributed by atoms with Gasteiger partial charge in [-0.3, -0.25) is 4.79 Å². The molecule has 104 valence electrons. The molecule has 0 saturated heterocycles. The van der Waals surface area contributed by atoms with Gasteiger partial charge in [-0.1, -0.05) is 29.3 Å². The van der Waals surface area contributed by atoms with Crippen molar-refractivity contribution in [3.05, 3.63) is 63.4 Å². The second-order valence-electron chi connectivity index (χ2n) is 4.04. The number of hydrogen-bond donors (Lipinski definition) is 1. The summed E-state index contributed by atoms with van der Waals surface area (Å²) in [6.45, 7) is 0.138. The first-order chi connectivity index (χ1) is 9.47. The highest BCUT2D eigenvalue weighted by Gasteiger charge is 2.07. The molecular formula is C14H10Cl2FNO2. The van der Waals surface area contributed by atoms with E-state index in [1.807, 2.05) is 0 Å². The summed E-state index contributed by atoms with van der Waals surface area (Å²) in [5.41, 5.74) is 6.12. The van der Waals surface area contributed by atoms with Gasteiger partial charge in [0.1, 0.15) is 18.2 Å². The first-order valence-electron chi connectivity index (χ1n) is 5.63. The fraction of sp³-hybridized carbons (Fsp3) is 0.0714. The third-order valence-corrected chi connectivity index (χ3v) is 3.28. The number of carbonyl (C=O) groups excluding carboxylic acids is 1. The predicted octanol–water partition coefficient (Wildman–Crippen LogP) is 3.81. The number of benzene rings is 2. The van der Waals surface area contributed by atoms with Crippen molar-refractivity contribution in [1.29, 1.82) is 0 Å². The fourth-order valence-electron chi connectivity index (χ4n) is 1.55. The van der Waals surface area contributed by atoms with Gasteiger partial charge in [0, 0.05) is 22.2 Å². The van der Waals surface area contributed by atoms with Crippen molar-refractivity contribution in [3.63, 3.8) is 0 Å². The Morgan fingerprint density at radius 1 is 1.15 bits per heavy atom. The van der Waals surface area contributed by atoms with E-state index in [4.69, 9.17) is 33.7 Å². The maximum Gasteiger partial charge on any atom is 0.248 e. The lowest BCUT2D eigenvalue weighted by Crippen LogP contribution is -2.11. The third kappa shape index (κ3) is 3.40. The minimum atomic E-state index is -0.556. The number of primary amides is 1. The molecule has 20 heavy (non-hydrogen) atoms. The molecular weight excluding hydrogens is 304 g/mol. The summed E-state index contributed by atoms with van der Waals surface area (Å²) in [4.78, 5) is 11.0. The minimum absolute atomic E-state index is 0.0289. The molecule has 0 spiro atoms. The lowest BCUT2D eigenvalue weighted by molar-refractivity contribution is 0.1000. The number of ether oxygens (including phenoxy) is 1. The van der Waals surface area contributed by atoms with E-state index >= 15 is 0 Å². The van der Waals surface area contributed by atoms with Gasteiger partial charge in [0.2, 0.25) is 5.91 Å². The van der Waals surface area contributed by atoms with Crippen LogP contribution in [0.4, 0.5) is 4.39 Å². The standard InChI is InChI=1S/C14H10Cl2FNO2/c15-11-4-3-10(6-13(11)17)20-7-9-2-1-8(14(18)19)5-12(9)16/h1-6H,7H2,(H2,18,19). The molecule has 1 amide bonds. The zero-order chi connectivity index (χ0) is 14.7. The van der Waals surface area contributed by atoms with Crippen LogP contribution in [0.2, 0.25) is 10.0 Å². The molecule has 0 aliphatic heterocycles. The lowest BCUT2D eigenvalue weighted by Gasteiger charge is -2.09. The van der Waals surface area contributed by atoms with Crippen LogP contribution in [0, 0.1) is 5.82 Å². The average Bonchev–Trinajstić information content (AvgIpc) is 2.41. The van der Waals surface area contributed by atoms with Crippen molar-refractivity contribution in [2.24, 2.45) is 5.73 Å². The normalized spacial score (nSPS) is 10.3. The van der Waals surface area contributed by atoms with Gasteiger partial charge < -0.3 is 10.5 Å². The van der Waals surface area contributed by atoms with Crippen LogP contribution in [0.15, 0.2) is 36.4 Å². The van der Waals surface area contributed by atoms with Crippen molar-refractivity contribution < 1.29 is 13.9 Å². The SMILES string of the molecule is NC(=O)c1ccc(COc2ccc(Cl)c(F)c2)c(Cl)c1. The molecule has 0 atom stereocenters. The zero-order valence-corrected chi connectivity index (χ0v) is 11.7. The first-order valence-corrected chi connectivity index (χ1v) is 6.39. The number of rotatable bonds is 4. The molecule has 2 N–H and O–H groups in total. The van der Waals surface area contributed by atoms with Crippen molar-refractivity contribution in [3.8, 4) is 5.75 Å². The van der Waals surface area contributed by atoms with E-state index in [9.17, 15) is 9.18 Å². The molecule has 0 unspecified atom stereocenters. The molecule has 3 nitrogen and oxygen atoms in total. The Morgan fingerprint density at radius 3 is 2.50 bits per heavy atom. The van der Waals surface area contributed by atoms with E-state index in [0.717, 1.165) is 0 Å². The molecule has 0 saturated carbocycles. The van der Waals surface area contributed by atoms with Gasteiger partial charge in [0.05, 0.1) is 5.02 Å². The van der Waals surface area contributed by atoms with Crippen LogP contribution in [0.25, 0.3) is 0 Å². The molecule has 0 bridgehead atoms. The maximum absolute atomic E-state index is 13.2. The van der Waals surface area contributed by atoms with Crippen LogP contribution in [-0.2, 0) is 6.61 Å². The van der Waals surface area contributed by atoms with E-state index in [0.29, 0.717) is 21.9 Å². The highest BCUT2D eigenvalue weighted by atomic mass is 35.5. The molecule has 0 aromatic heterocycles. The molecule has 0 fully saturated rings. The van der Waals surface area contributed by atoms with E-state index in [1.54, 1.807) is 18.2 Å². The summed E-state index contributed by atoms with van der Waals surface area (Å²) < 4.78 is 18.6. The second kappa shape index (κ2) is 6.11. The Balaban J connectivity index is 2.10. The first kappa shape index (κ1) is 14.6. The molecule has 2 aromatic carbocycles. The third-order valence-electron chi connectivity index (χ3n) is 2.62. The van der Waals surface area contributed by atoms with E-state index in [2.05, 4.69) is 0 Å². The molecule has 2 rings (SSSR count). The zero-order valence-electron chi connectivity index (χ0n) is 10.2. The van der Waals surface area contributed by atoms with Gasteiger partial charge in [0.15, 0.2) is 0 Å². The Hall–Kier alpha value is -1.78. The molecule has 0 aliphatic carbocycles. The van der Waals surface area contributed by atoms with Crippen LogP contribution in [-0.4, -0.2) is 5.91 Å². The quantitative estimate of drug-likeness (QED) is 0.933. The average molecular weight is 314 g/mol. The summed E-state index contributed by atoms with van der Waals surface area (Å²) in [6.07, 6.45) is 0. The summed E-state index contributed by atoms with van der Waals surface area (Å²) in [7, 11) is 0. The van der Waals surface area contributed by atoms with Crippen molar-refractivity contribution in [2.45, 2.75) is 6.61 Å². The Kier molecular flexibility index (Phi) is 4.47. The van der Waals surface area contributed by atoms with Gasteiger partial charge in [-0.25, -0.2) is 4.39 Å². The topological polar surface area (TPSA) is 52.3 Å². The molecule has 2 aromatic rings. The van der Waals surface area contributed by atoms with Crippen molar-refractivity contribution >= 4 is 29.1 Å². The molecule has 0 aliphatic rings. The monoisotopic (exact) mass is 313 g/mol. The van der Waals surface area contributed by atoms with Gasteiger partial charge >= 0.3 is 0 Å². The lowest BCUT2D eigenvalue weighted by atomic mass is 10.1. The van der Waals surface area contributed by atoms with Gasteiger partial charge in [0.25, 0.3) is 0 Å². The maximum atomic E-state index is 13.2. The second-order valence-corrected chi connectivity index (χ2v) is 4.85. The number of hydrogen-bond acceptors (Lipinski definition) is 2. The van der Waals surface area contributed by atoms with E-state index < -0.39 is 11.7 Å². The Bertz CT molecular complexity index is 662. The summed E-state index contributed by atoms with van der Waals surface area (Å²) in [6, 6.07) is 8.80.